The van der Waals surface area contributed by atoms with Crippen LogP contribution < -0.4 is 11.1 Å². The zero-order valence-corrected chi connectivity index (χ0v) is 17.2. The number of hydrogen-bond donors (Lipinski definition) is 2. The van der Waals surface area contributed by atoms with Gasteiger partial charge in [0.2, 0.25) is 0 Å². The molecule has 6 nitrogen and oxygen atoms in total. The highest BCUT2D eigenvalue weighted by Gasteiger charge is 2.16. The van der Waals surface area contributed by atoms with Gasteiger partial charge in [0.1, 0.15) is 11.9 Å². The molecule has 6 heteroatoms. The van der Waals surface area contributed by atoms with Crippen LogP contribution in [0.2, 0.25) is 0 Å². The second-order valence-electron chi connectivity index (χ2n) is 7.91. The first-order valence-electron chi connectivity index (χ1n) is 10.3. The van der Waals surface area contributed by atoms with E-state index in [0.29, 0.717) is 12.3 Å². The molecular weight excluding hydrogens is 340 g/mol. The third-order valence-electron chi connectivity index (χ3n) is 4.99. The number of hydrogen-bond acceptors (Lipinski definition) is 6. The van der Waals surface area contributed by atoms with Crippen molar-refractivity contribution < 1.29 is 12.4 Å². The van der Waals surface area contributed by atoms with Gasteiger partial charge in [-0.1, -0.05) is 19.9 Å². The highest BCUT2D eigenvalue weighted by molar-refractivity contribution is 5.75. The molecule has 1 aromatic heterocycles. The van der Waals surface area contributed by atoms with E-state index >= 15 is 0 Å². The van der Waals surface area contributed by atoms with E-state index in [4.69, 9.17) is 15.5 Å². The molecular formula is C21H40N4O2. The molecule has 0 spiro atoms. The van der Waals surface area contributed by atoms with E-state index < -0.39 is 6.04 Å². The summed E-state index contributed by atoms with van der Waals surface area (Å²) in [7, 11) is 1.39. The first-order chi connectivity index (χ1) is 13.0. The van der Waals surface area contributed by atoms with E-state index in [9.17, 15) is 4.79 Å². The summed E-state index contributed by atoms with van der Waals surface area (Å²) in [6.45, 7) is 8.34. The number of unbranched alkanes of at least 4 members (excludes halogenated alkanes) is 1. The summed E-state index contributed by atoms with van der Waals surface area (Å²) in [5.74, 6) is 1.34. The number of pyridine rings is 1. The Morgan fingerprint density at radius 2 is 2.19 bits per heavy atom. The highest BCUT2D eigenvalue weighted by Crippen LogP contribution is 2.20. The van der Waals surface area contributed by atoms with E-state index in [1.54, 1.807) is 0 Å². The number of nitrogens with zero attached hydrogens (tertiary/aromatic N) is 2. The Labute approximate surface area is 166 Å². The molecule has 3 N–H and O–H groups in total. The van der Waals surface area contributed by atoms with Gasteiger partial charge >= 0.3 is 5.97 Å². The molecule has 0 fully saturated rings. The Morgan fingerprint density at radius 1 is 1.37 bits per heavy atom. The number of carbonyl (C=O) groups is 1. The van der Waals surface area contributed by atoms with Gasteiger partial charge in [-0.15, -0.1) is 0 Å². The number of esters is 1. The molecule has 1 aliphatic rings. The lowest BCUT2D eigenvalue weighted by Gasteiger charge is -2.25. The molecule has 0 bridgehead atoms. The number of methoxy groups -OCH3 is 1. The number of aryl methyl sites for hydroxylation is 2. The Balaban J connectivity index is 0.00000392. The maximum absolute atomic E-state index is 11.5. The van der Waals surface area contributed by atoms with E-state index in [1.807, 2.05) is 0 Å². The minimum Gasteiger partial charge on any atom is -0.468 e. The fraction of sp³-hybridized carbons (Fsp3) is 0.714. The average Bonchev–Trinajstić information content (AvgIpc) is 2.67. The SMILES string of the molecule is COC(=O)[C@@H](N)CCN(CCCCc1ccc2c(n1)NCCC2)CC(C)C.[HH].[HH]. The van der Waals surface area contributed by atoms with Crippen LogP contribution >= 0.6 is 0 Å². The van der Waals surface area contributed by atoms with Crippen LogP contribution in [0.15, 0.2) is 12.1 Å². The van der Waals surface area contributed by atoms with Crippen LogP contribution in [0.25, 0.3) is 0 Å². The smallest absolute Gasteiger partial charge is 0.322 e. The van der Waals surface area contributed by atoms with Gasteiger partial charge in [-0.2, -0.15) is 0 Å². The lowest BCUT2D eigenvalue weighted by molar-refractivity contribution is -0.142. The number of ether oxygens (including phenoxy) is 1. The van der Waals surface area contributed by atoms with Crippen molar-refractivity contribution in [1.29, 1.82) is 0 Å². The Morgan fingerprint density at radius 3 is 2.93 bits per heavy atom. The van der Waals surface area contributed by atoms with Crippen LogP contribution in [0.1, 0.15) is 53.6 Å². The van der Waals surface area contributed by atoms with E-state index in [1.165, 1.54) is 24.8 Å². The van der Waals surface area contributed by atoms with E-state index in [-0.39, 0.29) is 8.82 Å². The molecule has 0 amide bonds. The summed E-state index contributed by atoms with van der Waals surface area (Å²) in [6, 6.07) is 3.87. The molecule has 0 saturated heterocycles. The summed E-state index contributed by atoms with van der Waals surface area (Å²) in [6.07, 6.45) is 6.20. The third kappa shape index (κ3) is 7.46. The number of anilines is 1. The zero-order valence-electron chi connectivity index (χ0n) is 17.2. The quantitative estimate of drug-likeness (QED) is 0.453. The summed E-state index contributed by atoms with van der Waals surface area (Å²) in [4.78, 5) is 18.7. The number of nitrogens with two attached hydrogens (primary N) is 1. The van der Waals surface area contributed by atoms with Crippen LogP contribution in [-0.4, -0.2) is 55.2 Å². The normalized spacial score (nSPS) is 14.7. The van der Waals surface area contributed by atoms with Gasteiger partial charge in [0.25, 0.3) is 0 Å². The van der Waals surface area contributed by atoms with Crippen molar-refractivity contribution in [1.82, 2.24) is 9.88 Å². The minimum atomic E-state index is -0.531. The van der Waals surface area contributed by atoms with Gasteiger partial charge in [0, 0.05) is 28.2 Å². The van der Waals surface area contributed by atoms with Crippen LogP contribution in [0.3, 0.4) is 0 Å². The molecule has 1 atom stereocenters. The largest absolute Gasteiger partial charge is 0.468 e. The maximum atomic E-state index is 11.5. The first kappa shape index (κ1) is 21.6. The van der Waals surface area contributed by atoms with Gasteiger partial charge < -0.3 is 20.7 Å². The predicted molar refractivity (Wildman–Crippen MR) is 114 cm³/mol. The molecule has 0 aliphatic carbocycles. The molecule has 0 unspecified atom stereocenters. The molecule has 1 aliphatic heterocycles. The molecule has 27 heavy (non-hydrogen) atoms. The second kappa shape index (κ2) is 11.2. The van der Waals surface area contributed by atoms with Crippen LogP contribution in [0.5, 0.6) is 0 Å². The maximum Gasteiger partial charge on any atom is 0.322 e. The molecule has 0 radical (unpaired) electrons. The summed E-state index contributed by atoms with van der Waals surface area (Å²) >= 11 is 0. The van der Waals surface area contributed by atoms with Crippen LogP contribution in [0.4, 0.5) is 5.82 Å². The Kier molecular flexibility index (Phi) is 9.01. The van der Waals surface area contributed by atoms with Gasteiger partial charge in [-0.25, -0.2) is 4.98 Å². The summed E-state index contributed by atoms with van der Waals surface area (Å²) < 4.78 is 4.72. The average molecular weight is 381 g/mol. The highest BCUT2D eigenvalue weighted by atomic mass is 16.5. The number of fused-ring (bicyclic) bond motifs is 1. The van der Waals surface area contributed by atoms with Crippen molar-refractivity contribution in [3.05, 3.63) is 23.4 Å². The number of carbonyl (C=O) groups excluding carboxylic acids is 1. The van der Waals surface area contributed by atoms with Crippen LogP contribution in [0, 0.1) is 5.92 Å². The Hall–Kier alpha value is -1.66. The summed E-state index contributed by atoms with van der Waals surface area (Å²) in [5.41, 5.74) is 8.39. The first-order valence-corrected chi connectivity index (χ1v) is 10.3. The van der Waals surface area contributed by atoms with Gasteiger partial charge in [-0.3, -0.25) is 4.79 Å². The monoisotopic (exact) mass is 380 g/mol. The fourth-order valence-corrected chi connectivity index (χ4v) is 3.55. The fourth-order valence-electron chi connectivity index (χ4n) is 3.55. The van der Waals surface area contributed by atoms with Gasteiger partial charge in [0.15, 0.2) is 0 Å². The third-order valence-corrected chi connectivity index (χ3v) is 4.99. The number of rotatable bonds is 11. The lowest BCUT2D eigenvalue weighted by Crippen LogP contribution is -2.38. The molecule has 2 heterocycles. The van der Waals surface area contributed by atoms with Crippen molar-refractivity contribution in [3.63, 3.8) is 0 Å². The van der Waals surface area contributed by atoms with E-state index in [2.05, 4.69) is 36.2 Å². The molecule has 1 aromatic rings. The Bertz CT molecular complexity index is 602. The number of nitrogens with one attached hydrogen (secondary N) is 1. The van der Waals surface area contributed by atoms with Crippen molar-refractivity contribution in [2.45, 2.75) is 58.4 Å². The predicted octanol–water partition coefficient (Wildman–Crippen LogP) is 3.10. The lowest BCUT2D eigenvalue weighted by atomic mass is 10.1. The van der Waals surface area contributed by atoms with Gasteiger partial charge in [0.05, 0.1) is 7.11 Å². The zero-order chi connectivity index (χ0) is 19.6. The van der Waals surface area contributed by atoms with Crippen molar-refractivity contribution in [2.75, 3.05) is 38.6 Å². The van der Waals surface area contributed by atoms with E-state index in [0.717, 1.165) is 57.7 Å². The number of aromatic nitrogens is 1. The van der Waals surface area contributed by atoms with Crippen molar-refractivity contribution in [2.24, 2.45) is 11.7 Å². The molecule has 0 saturated carbocycles. The summed E-state index contributed by atoms with van der Waals surface area (Å²) in [5, 5.41) is 3.41. The van der Waals surface area contributed by atoms with Gasteiger partial charge in [-0.05, 0) is 62.6 Å². The topological polar surface area (TPSA) is 80.5 Å². The minimum absolute atomic E-state index is 0. The standard InChI is InChI=1S/C21H36N4O2.2H2/c1-16(2)15-25(14-11-19(22)21(26)27-3)13-5-4-8-18-10-9-17-7-6-12-23-20(17)24-18;;/h9-10,16,19H,4-8,11-15,22H2,1-3H3,(H,23,24);2*1H/t19-;;/m0../s1. The molecule has 2 rings (SSSR count). The van der Waals surface area contributed by atoms with Crippen molar-refractivity contribution in [3.8, 4) is 0 Å². The van der Waals surface area contributed by atoms with Crippen molar-refractivity contribution >= 4 is 11.8 Å². The second-order valence-corrected chi connectivity index (χ2v) is 7.91. The molecule has 0 aromatic carbocycles. The molecule has 156 valence electrons. The van der Waals surface area contributed by atoms with Crippen LogP contribution in [-0.2, 0) is 22.4 Å².